The number of carboxylic acid groups (broad SMARTS) is 1. The number of thioether (sulfide) groups is 1. The van der Waals surface area contributed by atoms with Crippen LogP contribution in [-0.4, -0.2) is 41.7 Å². The van der Waals surface area contributed by atoms with Gasteiger partial charge < -0.3 is 14.7 Å². The Morgan fingerprint density at radius 1 is 1.50 bits per heavy atom. The summed E-state index contributed by atoms with van der Waals surface area (Å²) >= 11 is 1.72. The summed E-state index contributed by atoms with van der Waals surface area (Å²) < 4.78 is 5.25. The fourth-order valence-corrected chi connectivity index (χ4v) is 3.34. The van der Waals surface area contributed by atoms with Gasteiger partial charge in [0.1, 0.15) is 12.3 Å². The number of aromatic nitrogens is 2. The third-order valence-corrected chi connectivity index (χ3v) is 4.50. The molecule has 3 rings (SSSR count). The first-order valence-electron chi connectivity index (χ1n) is 6.68. The number of benzene rings is 1. The van der Waals surface area contributed by atoms with Crippen molar-refractivity contribution in [2.75, 3.05) is 25.6 Å². The van der Waals surface area contributed by atoms with Crippen LogP contribution in [0, 0.1) is 0 Å². The van der Waals surface area contributed by atoms with Crippen LogP contribution in [-0.2, 0) is 10.5 Å². The maximum Gasteiger partial charge on any atom is 0.323 e. The molecule has 0 unspecified atom stereocenters. The van der Waals surface area contributed by atoms with Crippen LogP contribution in [0.4, 0.5) is 5.95 Å². The number of hydrogen-bond donors (Lipinski definition) is 1. The Kier molecular flexibility index (Phi) is 3.89. The van der Waals surface area contributed by atoms with Gasteiger partial charge in [-0.25, -0.2) is 9.97 Å². The predicted molar refractivity (Wildman–Crippen MR) is 84.5 cm³/mol. The molecule has 1 aromatic carbocycles. The first-order chi connectivity index (χ1) is 10.6. The zero-order chi connectivity index (χ0) is 15.7. The SMILES string of the molecule is COc1ccc2c(c1)SCc1cnc(N(C)CC(=O)O)nc1-2. The lowest BCUT2D eigenvalue weighted by atomic mass is 10.1. The minimum atomic E-state index is -0.912. The molecule has 0 spiro atoms. The molecule has 114 valence electrons. The molecule has 0 amide bonds. The van der Waals surface area contributed by atoms with Crippen LogP contribution in [0.1, 0.15) is 5.56 Å². The summed E-state index contributed by atoms with van der Waals surface area (Å²) in [7, 11) is 3.31. The van der Waals surface area contributed by atoms with Gasteiger partial charge in [0.25, 0.3) is 0 Å². The van der Waals surface area contributed by atoms with Crippen molar-refractivity contribution in [1.29, 1.82) is 0 Å². The second-order valence-electron chi connectivity index (χ2n) is 4.94. The van der Waals surface area contributed by atoms with Gasteiger partial charge in [0, 0.05) is 35.0 Å². The van der Waals surface area contributed by atoms with Gasteiger partial charge in [-0.1, -0.05) is 0 Å². The highest BCUT2D eigenvalue weighted by Gasteiger charge is 2.21. The van der Waals surface area contributed by atoms with Crippen LogP contribution < -0.4 is 9.64 Å². The average Bonchev–Trinajstić information content (AvgIpc) is 2.52. The second kappa shape index (κ2) is 5.84. The molecular formula is C15H15N3O3S. The van der Waals surface area contributed by atoms with Crippen molar-refractivity contribution < 1.29 is 14.6 Å². The Hall–Kier alpha value is -2.28. The smallest absolute Gasteiger partial charge is 0.323 e. The summed E-state index contributed by atoms with van der Waals surface area (Å²) in [6.07, 6.45) is 1.77. The molecular weight excluding hydrogens is 302 g/mol. The molecule has 22 heavy (non-hydrogen) atoms. The predicted octanol–water partition coefficient (Wildman–Crippen LogP) is 2.28. The van der Waals surface area contributed by atoms with E-state index in [0.717, 1.165) is 33.2 Å². The van der Waals surface area contributed by atoms with Crippen molar-refractivity contribution in [3.05, 3.63) is 30.0 Å². The minimum absolute atomic E-state index is 0.136. The fourth-order valence-electron chi connectivity index (χ4n) is 2.29. The highest BCUT2D eigenvalue weighted by molar-refractivity contribution is 7.98. The molecule has 0 radical (unpaired) electrons. The van der Waals surface area contributed by atoms with Crippen LogP contribution in [0.3, 0.4) is 0 Å². The Morgan fingerprint density at radius 3 is 3.05 bits per heavy atom. The Morgan fingerprint density at radius 2 is 2.32 bits per heavy atom. The van der Waals surface area contributed by atoms with Crippen molar-refractivity contribution in [3.63, 3.8) is 0 Å². The Labute approximate surface area is 132 Å². The number of rotatable bonds is 4. The van der Waals surface area contributed by atoms with Crippen molar-refractivity contribution in [2.24, 2.45) is 0 Å². The highest BCUT2D eigenvalue weighted by atomic mass is 32.2. The molecule has 0 bridgehead atoms. The number of nitrogens with zero attached hydrogens (tertiary/aromatic N) is 3. The van der Waals surface area contributed by atoms with Gasteiger partial charge in [0.15, 0.2) is 0 Å². The van der Waals surface area contributed by atoms with Crippen LogP contribution in [0.15, 0.2) is 29.3 Å². The topological polar surface area (TPSA) is 75.5 Å². The first-order valence-corrected chi connectivity index (χ1v) is 7.67. The molecule has 1 N–H and O–H groups in total. The highest BCUT2D eigenvalue weighted by Crippen LogP contribution is 2.42. The van der Waals surface area contributed by atoms with E-state index in [-0.39, 0.29) is 6.54 Å². The van der Waals surface area contributed by atoms with Crippen molar-refractivity contribution >= 4 is 23.7 Å². The molecule has 1 aromatic heterocycles. The molecule has 2 aromatic rings. The van der Waals surface area contributed by atoms with Gasteiger partial charge >= 0.3 is 5.97 Å². The fraction of sp³-hybridized carbons (Fsp3) is 0.267. The van der Waals surface area contributed by atoms with Gasteiger partial charge in [-0.2, -0.15) is 0 Å². The number of carboxylic acids is 1. The number of carbonyl (C=O) groups is 1. The summed E-state index contributed by atoms with van der Waals surface area (Å²) in [5, 5.41) is 8.88. The number of methoxy groups -OCH3 is 1. The number of anilines is 1. The number of aliphatic carboxylic acids is 1. The molecule has 1 aliphatic heterocycles. The average molecular weight is 317 g/mol. The van der Waals surface area contributed by atoms with E-state index in [4.69, 9.17) is 9.84 Å². The van der Waals surface area contributed by atoms with E-state index < -0.39 is 5.97 Å². The quantitative estimate of drug-likeness (QED) is 0.927. The van der Waals surface area contributed by atoms with Gasteiger partial charge in [0.2, 0.25) is 5.95 Å². The number of fused-ring (bicyclic) bond motifs is 3. The lowest BCUT2D eigenvalue weighted by Gasteiger charge is -2.21. The van der Waals surface area contributed by atoms with E-state index >= 15 is 0 Å². The zero-order valence-corrected chi connectivity index (χ0v) is 13.1. The van der Waals surface area contributed by atoms with Crippen molar-refractivity contribution in [2.45, 2.75) is 10.6 Å². The summed E-state index contributed by atoms with van der Waals surface area (Å²) in [5.74, 6) is 1.10. The van der Waals surface area contributed by atoms with Gasteiger partial charge in [0.05, 0.1) is 12.8 Å². The molecule has 7 heteroatoms. The standard InChI is InChI=1S/C15H15N3O3S/c1-18(7-13(19)20)15-16-6-9-8-22-12-5-10(21-2)3-4-11(12)14(9)17-15/h3-6H,7-8H2,1-2H3,(H,19,20). The molecule has 1 aliphatic rings. The van der Waals surface area contributed by atoms with E-state index in [1.165, 1.54) is 4.90 Å². The monoisotopic (exact) mass is 317 g/mol. The molecule has 0 saturated heterocycles. The molecule has 0 aliphatic carbocycles. The van der Waals surface area contributed by atoms with E-state index in [0.29, 0.717) is 5.95 Å². The zero-order valence-electron chi connectivity index (χ0n) is 12.2. The van der Waals surface area contributed by atoms with Crippen molar-refractivity contribution in [1.82, 2.24) is 9.97 Å². The lowest BCUT2D eigenvalue weighted by Crippen LogP contribution is -2.27. The van der Waals surface area contributed by atoms with Gasteiger partial charge in [-0.05, 0) is 18.2 Å². The minimum Gasteiger partial charge on any atom is -0.497 e. The van der Waals surface area contributed by atoms with Crippen LogP contribution in [0.5, 0.6) is 5.75 Å². The number of likely N-dealkylation sites (N-methyl/N-ethyl adjacent to an activating group) is 1. The molecule has 2 heterocycles. The van der Waals surface area contributed by atoms with Crippen molar-refractivity contribution in [3.8, 4) is 17.0 Å². The third kappa shape index (κ3) is 2.71. The largest absolute Gasteiger partial charge is 0.497 e. The van der Waals surface area contributed by atoms with Crippen LogP contribution in [0.2, 0.25) is 0 Å². The van der Waals surface area contributed by atoms with E-state index in [1.807, 2.05) is 18.2 Å². The molecule has 0 atom stereocenters. The summed E-state index contributed by atoms with van der Waals surface area (Å²) in [5.41, 5.74) is 2.94. The van der Waals surface area contributed by atoms with E-state index in [9.17, 15) is 4.79 Å². The molecule has 0 saturated carbocycles. The van der Waals surface area contributed by atoms with Gasteiger partial charge in [-0.15, -0.1) is 11.8 Å². The molecule has 0 fully saturated rings. The summed E-state index contributed by atoms with van der Waals surface area (Å²) in [4.78, 5) is 22.3. The van der Waals surface area contributed by atoms with Crippen LogP contribution >= 0.6 is 11.8 Å². The lowest BCUT2D eigenvalue weighted by molar-refractivity contribution is -0.135. The molecule has 6 nitrogen and oxygen atoms in total. The normalized spacial score (nSPS) is 12.3. The maximum atomic E-state index is 10.8. The number of ether oxygens (including phenoxy) is 1. The Bertz CT molecular complexity index is 736. The number of hydrogen-bond acceptors (Lipinski definition) is 6. The third-order valence-electron chi connectivity index (χ3n) is 3.39. The second-order valence-corrected chi connectivity index (χ2v) is 5.96. The first kappa shape index (κ1) is 14.6. The van der Waals surface area contributed by atoms with E-state index in [2.05, 4.69) is 9.97 Å². The van der Waals surface area contributed by atoms with Crippen LogP contribution in [0.25, 0.3) is 11.3 Å². The van der Waals surface area contributed by atoms with Gasteiger partial charge in [-0.3, -0.25) is 4.79 Å². The summed E-state index contributed by atoms with van der Waals surface area (Å²) in [6.45, 7) is -0.136. The summed E-state index contributed by atoms with van der Waals surface area (Å²) in [6, 6.07) is 5.87. The Balaban J connectivity index is 2.01. The maximum absolute atomic E-state index is 10.8. The van der Waals surface area contributed by atoms with E-state index in [1.54, 1.807) is 32.1 Å².